The van der Waals surface area contributed by atoms with Gasteiger partial charge in [-0.25, -0.2) is 0 Å². The molecule has 6 aromatic carbocycles. The first-order valence-electron chi connectivity index (χ1n) is 18.3. The van der Waals surface area contributed by atoms with E-state index in [1.807, 2.05) is 0 Å². The van der Waals surface area contributed by atoms with Gasteiger partial charge in [0.15, 0.2) is 0 Å². The monoisotopic (exact) mass is 808 g/mol. The van der Waals surface area contributed by atoms with E-state index in [9.17, 15) is 0 Å². The third kappa shape index (κ3) is 12.9. The van der Waals surface area contributed by atoms with Crippen LogP contribution in [-0.2, 0) is 49.9 Å². The number of hydrogen-bond donors (Lipinski definition) is 0. The molecular formula is C49H60Cl2Zr-4. The number of rotatable bonds is 6. The Morgan fingerprint density at radius 3 is 1.10 bits per heavy atom. The molecule has 0 fully saturated rings. The van der Waals surface area contributed by atoms with Gasteiger partial charge in [-0.3, -0.25) is 0 Å². The van der Waals surface area contributed by atoms with Crippen LogP contribution >= 0.6 is 0 Å². The van der Waals surface area contributed by atoms with Crippen molar-refractivity contribution in [3.05, 3.63) is 145 Å². The van der Waals surface area contributed by atoms with Crippen LogP contribution in [0, 0.1) is 25.7 Å². The molecule has 0 unspecified atom stereocenters. The number of hydrogen-bond acceptors (Lipinski definition) is 0. The quantitative estimate of drug-likeness (QED) is 0.148. The van der Waals surface area contributed by atoms with E-state index < -0.39 is 0 Å². The molecule has 0 bridgehead atoms. The third-order valence-corrected chi connectivity index (χ3v) is 9.03. The van der Waals surface area contributed by atoms with Crippen molar-refractivity contribution < 1.29 is 51.0 Å². The Morgan fingerprint density at radius 1 is 0.519 bits per heavy atom. The van der Waals surface area contributed by atoms with E-state index in [1.165, 1.54) is 66.1 Å². The minimum atomic E-state index is 0. The van der Waals surface area contributed by atoms with Crippen molar-refractivity contribution in [2.45, 2.75) is 99.3 Å². The van der Waals surface area contributed by atoms with Gasteiger partial charge in [-0.05, 0) is 57.8 Å². The average molecular weight is 811 g/mol. The van der Waals surface area contributed by atoms with E-state index in [0.717, 1.165) is 19.3 Å². The van der Waals surface area contributed by atoms with Crippen molar-refractivity contribution >= 4 is 21.5 Å². The molecule has 0 aromatic heterocycles. The average Bonchev–Trinajstić information content (AvgIpc) is 3.63. The summed E-state index contributed by atoms with van der Waals surface area (Å²) < 4.78 is 0. The van der Waals surface area contributed by atoms with E-state index in [-0.39, 0.29) is 61.8 Å². The van der Waals surface area contributed by atoms with Gasteiger partial charge < -0.3 is 45.1 Å². The summed E-state index contributed by atoms with van der Waals surface area (Å²) >= 11 is 0. The van der Waals surface area contributed by atoms with Gasteiger partial charge in [0.25, 0.3) is 0 Å². The Balaban J connectivity index is 0.000000459. The van der Waals surface area contributed by atoms with Crippen LogP contribution in [0.5, 0.6) is 0 Å². The van der Waals surface area contributed by atoms with Crippen molar-refractivity contribution in [1.29, 1.82) is 0 Å². The Labute approximate surface area is 348 Å². The Morgan fingerprint density at radius 2 is 0.827 bits per heavy atom. The molecule has 0 saturated heterocycles. The minimum absolute atomic E-state index is 0. The fourth-order valence-electron chi connectivity index (χ4n) is 6.58. The molecule has 0 heterocycles. The molecule has 6 aromatic rings. The first-order valence-corrected chi connectivity index (χ1v) is 18.3. The number of fused-ring (bicyclic) bond motifs is 2. The molecule has 0 spiro atoms. The molecule has 0 radical (unpaired) electrons. The molecule has 0 aliphatic heterocycles. The minimum Gasteiger partial charge on any atom is -1.00 e. The van der Waals surface area contributed by atoms with E-state index in [2.05, 4.69) is 192 Å². The summed E-state index contributed by atoms with van der Waals surface area (Å²) in [5.74, 6) is 1.39. The Hall–Kier alpha value is -2.44. The van der Waals surface area contributed by atoms with Crippen LogP contribution in [-0.4, -0.2) is 0 Å². The summed E-state index contributed by atoms with van der Waals surface area (Å²) in [6.07, 6.45) is 3.05. The van der Waals surface area contributed by atoms with E-state index >= 15 is 0 Å². The van der Waals surface area contributed by atoms with Crippen molar-refractivity contribution in [2.24, 2.45) is 11.8 Å². The molecule has 6 rings (SSSR count). The molecular weight excluding hydrogens is 751 g/mol. The van der Waals surface area contributed by atoms with Crippen molar-refractivity contribution in [3.8, 4) is 22.3 Å². The van der Waals surface area contributed by atoms with Gasteiger partial charge in [0.1, 0.15) is 0 Å². The van der Waals surface area contributed by atoms with E-state index in [0.29, 0.717) is 11.8 Å². The third-order valence-electron chi connectivity index (χ3n) is 9.03. The Kier molecular flexibility index (Phi) is 19.1. The summed E-state index contributed by atoms with van der Waals surface area (Å²) in [7, 11) is 0. The van der Waals surface area contributed by atoms with E-state index in [4.69, 9.17) is 0 Å². The predicted octanol–water partition coefficient (Wildman–Crippen LogP) is 8.49. The molecule has 278 valence electrons. The second kappa shape index (κ2) is 20.9. The maximum Gasteiger partial charge on any atom is 2.00 e. The van der Waals surface area contributed by atoms with Crippen LogP contribution in [0.2, 0.25) is 0 Å². The summed E-state index contributed by atoms with van der Waals surface area (Å²) in [4.78, 5) is 0. The first-order chi connectivity index (χ1) is 23.1. The molecule has 0 aliphatic rings. The van der Waals surface area contributed by atoms with Crippen LogP contribution in [0.15, 0.2) is 109 Å². The summed E-state index contributed by atoms with van der Waals surface area (Å²) in [5, 5.41) is 5.48. The molecule has 0 aliphatic carbocycles. The molecule has 52 heavy (non-hydrogen) atoms. The van der Waals surface area contributed by atoms with Crippen molar-refractivity contribution in [1.82, 2.24) is 0 Å². The predicted molar refractivity (Wildman–Crippen MR) is 220 cm³/mol. The Bertz CT molecular complexity index is 1760. The summed E-state index contributed by atoms with van der Waals surface area (Å²) in [5.41, 5.74) is 11.4. The maximum absolute atomic E-state index is 3.38. The van der Waals surface area contributed by atoms with Crippen molar-refractivity contribution in [2.75, 3.05) is 0 Å². The summed E-state index contributed by atoms with van der Waals surface area (Å²) in [6, 6.07) is 40.9. The van der Waals surface area contributed by atoms with Gasteiger partial charge in [0, 0.05) is 0 Å². The fraction of sp³-hybridized carbons (Fsp3) is 0.347. The molecule has 0 saturated carbocycles. The fourth-order valence-corrected chi connectivity index (χ4v) is 6.58. The normalized spacial score (nSPS) is 11.2. The van der Waals surface area contributed by atoms with Crippen molar-refractivity contribution in [3.63, 3.8) is 0 Å². The van der Waals surface area contributed by atoms with Gasteiger partial charge in [0.05, 0.1) is 0 Å². The second-order valence-electron chi connectivity index (χ2n) is 16.5. The molecule has 3 heteroatoms. The van der Waals surface area contributed by atoms with Gasteiger partial charge >= 0.3 is 26.2 Å². The topological polar surface area (TPSA) is 0 Å². The van der Waals surface area contributed by atoms with Gasteiger partial charge in [-0.2, -0.15) is 12.1 Å². The van der Waals surface area contributed by atoms with Crippen LogP contribution in [0.25, 0.3) is 43.8 Å². The van der Waals surface area contributed by atoms with Gasteiger partial charge in [0.2, 0.25) is 0 Å². The maximum atomic E-state index is 3.38. The molecule has 0 amide bonds. The number of benzene rings is 4. The van der Waals surface area contributed by atoms with E-state index in [1.54, 1.807) is 0 Å². The van der Waals surface area contributed by atoms with Crippen LogP contribution in [0.4, 0.5) is 0 Å². The number of halogens is 2. The molecule has 0 N–H and O–H groups in total. The van der Waals surface area contributed by atoms with Gasteiger partial charge in [-0.1, -0.05) is 141 Å². The van der Waals surface area contributed by atoms with Crippen LogP contribution < -0.4 is 24.8 Å². The molecule has 0 nitrogen and oxygen atoms in total. The zero-order chi connectivity index (χ0) is 35.9. The van der Waals surface area contributed by atoms with Crippen LogP contribution in [0.1, 0.15) is 97.9 Å². The summed E-state index contributed by atoms with van der Waals surface area (Å²) in [6.45, 7) is 29.4. The van der Waals surface area contributed by atoms with Gasteiger partial charge in [-0.15, -0.1) is 69.1 Å². The zero-order valence-corrected chi connectivity index (χ0v) is 37.3. The molecule has 0 atom stereocenters. The second-order valence-corrected chi connectivity index (χ2v) is 16.5. The SMILES string of the molecule is CC(C)Cc1cc2c(-c3ccc(C(C)(C)C)cc3)cccc2[cH-]1.CC(C)Cc1cc2c(-c3ccc(C(C)(C)C)cc3)cccc2[cH-]1.[CH2-]C[CH2-].[Cl-].[Cl-].[Zr+2]. The van der Waals surface area contributed by atoms with Crippen LogP contribution in [0.3, 0.4) is 0 Å². The zero-order valence-electron chi connectivity index (χ0n) is 33.3. The first kappa shape index (κ1) is 47.6. The largest absolute Gasteiger partial charge is 2.00 e. The smallest absolute Gasteiger partial charge is 1.00 e. The standard InChI is InChI=1S/2C23H27.C3H6.2ClH.Zr/c2*1-16(2)13-17-14-19-7-6-8-21(22(19)15-17)18-9-11-20(12-10-18)23(3,4)5;1-3-2;;;/h2*6-12,14-16H,13H2,1-5H3;1-3H2;2*1H;/q2*-1;-2;;;+2/p-2.